The second kappa shape index (κ2) is 7.06. The van der Waals surface area contributed by atoms with Gasteiger partial charge in [0, 0.05) is 18.5 Å². The SMILES string of the molecule is N#Cc1sc(NC(=O)c2cnnn2-c2ccncn2)nc1-c1ccccn1. The van der Waals surface area contributed by atoms with Crippen LogP contribution in [0.4, 0.5) is 5.13 Å². The number of nitrogens with one attached hydrogen (secondary N) is 1. The largest absolute Gasteiger partial charge is 0.296 e. The topological polar surface area (TPSA) is 135 Å². The molecule has 0 fully saturated rings. The van der Waals surface area contributed by atoms with Crippen LogP contribution < -0.4 is 5.32 Å². The lowest BCUT2D eigenvalue weighted by Gasteiger charge is -2.04. The molecular formula is C16H9N9OS. The molecule has 0 aliphatic heterocycles. The Morgan fingerprint density at radius 2 is 2.15 bits per heavy atom. The molecule has 1 amide bonds. The molecule has 4 rings (SSSR count). The number of rotatable bonds is 4. The van der Waals surface area contributed by atoms with Gasteiger partial charge in [0.1, 0.15) is 23.0 Å². The van der Waals surface area contributed by atoms with Crippen molar-refractivity contribution in [1.29, 1.82) is 5.26 Å². The van der Waals surface area contributed by atoms with Crippen molar-refractivity contribution in [2.75, 3.05) is 5.32 Å². The number of anilines is 1. The Kier molecular flexibility index (Phi) is 4.30. The molecule has 11 heteroatoms. The summed E-state index contributed by atoms with van der Waals surface area (Å²) in [4.78, 5) is 29.4. The summed E-state index contributed by atoms with van der Waals surface area (Å²) < 4.78 is 1.29. The van der Waals surface area contributed by atoms with E-state index in [2.05, 4.69) is 41.6 Å². The van der Waals surface area contributed by atoms with Crippen LogP contribution in [0.2, 0.25) is 0 Å². The normalized spacial score (nSPS) is 10.3. The fourth-order valence-electron chi connectivity index (χ4n) is 2.26. The van der Waals surface area contributed by atoms with Gasteiger partial charge in [0.2, 0.25) is 0 Å². The first kappa shape index (κ1) is 16.4. The van der Waals surface area contributed by atoms with Gasteiger partial charge in [0.25, 0.3) is 5.91 Å². The Balaban J connectivity index is 1.63. The standard InChI is InChI=1S/C16H9N9OS/c17-7-12-14(10-3-1-2-5-19-10)22-16(27-12)23-15(26)11-8-21-24-25(11)13-4-6-18-9-20-13/h1-6,8-9H,(H,22,23,26). The van der Waals surface area contributed by atoms with Gasteiger partial charge in [-0.05, 0) is 12.1 Å². The predicted octanol–water partition coefficient (Wildman–Crippen LogP) is 1.70. The summed E-state index contributed by atoms with van der Waals surface area (Å²) in [5, 5.41) is 19.9. The number of thiazole rings is 1. The molecular weight excluding hydrogens is 366 g/mol. The van der Waals surface area contributed by atoms with Crippen molar-refractivity contribution in [2.45, 2.75) is 0 Å². The summed E-state index contributed by atoms with van der Waals surface area (Å²) in [5.41, 5.74) is 1.14. The van der Waals surface area contributed by atoms with Crippen molar-refractivity contribution in [3.05, 3.63) is 59.8 Å². The van der Waals surface area contributed by atoms with E-state index in [4.69, 9.17) is 0 Å². The second-order valence-corrected chi connectivity index (χ2v) is 6.08. The first-order chi connectivity index (χ1) is 13.3. The van der Waals surface area contributed by atoms with E-state index in [1.54, 1.807) is 30.5 Å². The fraction of sp³-hybridized carbons (Fsp3) is 0. The molecule has 0 bridgehead atoms. The van der Waals surface area contributed by atoms with E-state index in [9.17, 15) is 10.1 Å². The third kappa shape index (κ3) is 3.24. The molecule has 0 aromatic carbocycles. The summed E-state index contributed by atoms with van der Waals surface area (Å²) in [6.07, 6.45) is 5.80. The van der Waals surface area contributed by atoms with Gasteiger partial charge in [-0.2, -0.15) is 9.94 Å². The third-order valence-corrected chi connectivity index (χ3v) is 4.30. The highest BCUT2D eigenvalue weighted by Gasteiger charge is 2.19. The molecule has 1 N–H and O–H groups in total. The van der Waals surface area contributed by atoms with Crippen LogP contribution >= 0.6 is 11.3 Å². The number of pyridine rings is 1. The minimum absolute atomic E-state index is 0.168. The highest BCUT2D eigenvalue weighted by atomic mass is 32.1. The van der Waals surface area contributed by atoms with Crippen molar-refractivity contribution in [1.82, 2.24) is 34.9 Å². The Bertz CT molecular complexity index is 1130. The van der Waals surface area contributed by atoms with E-state index in [-0.39, 0.29) is 10.8 Å². The Morgan fingerprint density at radius 3 is 2.89 bits per heavy atom. The molecule has 0 radical (unpaired) electrons. The number of hydrogen-bond acceptors (Lipinski definition) is 9. The lowest BCUT2D eigenvalue weighted by atomic mass is 10.2. The molecule has 4 heterocycles. The van der Waals surface area contributed by atoms with Crippen molar-refractivity contribution in [2.24, 2.45) is 0 Å². The molecule has 27 heavy (non-hydrogen) atoms. The van der Waals surface area contributed by atoms with Crippen molar-refractivity contribution < 1.29 is 4.79 Å². The van der Waals surface area contributed by atoms with Gasteiger partial charge in [-0.25, -0.2) is 15.0 Å². The van der Waals surface area contributed by atoms with Gasteiger partial charge in [-0.3, -0.25) is 15.1 Å². The monoisotopic (exact) mass is 375 g/mol. The Morgan fingerprint density at radius 1 is 1.22 bits per heavy atom. The van der Waals surface area contributed by atoms with Gasteiger partial charge in [-0.1, -0.05) is 22.6 Å². The first-order valence-corrected chi connectivity index (χ1v) is 8.38. The lowest BCUT2D eigenvalue weighted by molar-refractivity contribution is 0.101. The van der Waals surface area contributed by atoms with Crippen LogP contribution in [0.3, 0.4) is 0 Å². The molecule has 0 saturated heterocycles. The molecule has 0 saturated carbocycles. The van der Waals surface area contributed by atoms with Crippen LogP contribution in [0.5, 0.6) is 0 Å². The number of carbonyl (C=O) groups is 1. The molecule has 0 unspecified atom stereocenters. The maximum atomic E-state index is 12.6. The van der Waals surface area contributed by atoms with Gasteiger partial charge >= 0.3 is 0 Å². The molecule has 4 aromatic heterocycles. The average Bonchev–Trinajstić information content (AvgIpc) is 3.36. The van der Waals surface area contributed by atoms with Crippen LogP contribution in [0.15, 0.2) is 49.2 Å². The fourth-order valence-corrected chi connectivity index (χ4v) is 3.02. The quantitative estimate of drug-likeness (QED) is 0.569. The van der Waals surface area contributed by atoms with Crippen molar-refractivity contribution in [3.63, 3.8) is 0 Å². The highest BCUT2D eigenvalue weighted by Crippen LogP contribution is 2.29. The molecule has 0 spiro atoms. The molecule has 0 aliphatic carbocycles. The maximum Gasteiger partial charge on any atom is 0.277 e. The lowest BCUT2D eigenvalue weighted by Crippen LogP contribution is -2.17. The van der Waals surface area contributed by atoms with Gasteiger partial charge in [0.05, 0.1) is 11.9 Å². The van der Waals surface area contributed by atoms with Gasteiger partial charge in [0.15, 0.2) is 16.6 Å². The van der Waals surface area contributed by atoms with Crippen LogP contribution in [-0.4, -0.2) is 40.8 Å². The van der Waals surface area contributed by atoms with Gasteiger partial charge in [-0.15, -0.1) is 5.10 Å². The van der Waals surface area contributed by atoms with E-state index in [1.807, 2.05) is 0 Å². The van der Waals surface area contributed by atoms with E-state index in [1.165, 1.54) is 23.4 Å². The van der Waals surface area contributed by atoms with E-state index in [0.29, 0.717) is 22.1 Å². The Labute approximate surface area is 156 Å². The zero-order chi connectivity index (χ0) is 18.6. The smallest absolute Gasteiger partial charge is 0.277 e. The predicted molar refractivity (Wildman–Crippen MR) is 95.0 cm³/mol. The van der Waals surface area contributed by atoms with Crippen molar-refractivity contribution in [3.8, 4) is 23.3 Å². The average molecular weight is 375 g/mol. The molecule has 0 aliphatic rings. The number of amides is 1. The zero-order valence-electron chi connectivity index (χ0n) is 13.5. The summed E-state index contributed by atoms with van der Waals surface area (Å²) in [5.74, 6) is -0.0805. The summed E-state index contributed by atoms with van der Waals surface area (Å²) in [6, 6.07) is 8.99. The molecule has 0 atom stereocenters. The van der Waals surface area contributed by atoms with Gasteiger partial charge < -0.3 is 0 Å². The molecule has 4 aromatic rings. The number of hydrogen-bond donors (Lipinski definition) is 1. The Hall–Kier alpha value is -4.04. The zero-order valence-corrected chi connectivity index (χ0v) is 14.3. The van der Waals surface area contributed by atoms with E-state index in [0.717, 1.165) is 11.3 Å². The van der Waals surface area contributed by atoms with E-state index >= 15 is 0 Å². The molecule has 130 valence electrons. The first-order valence-electron chi connectivity index (χ1n) is 7.57. The van der Waals surface area contributed by atoms with Crippen LogP contribution in [0.25, 0.3) is 17.2 Å². The summed E-state index contributed by atoms with van der Waals surface area (Å²) >= 11 is 1.06. The second-order valence-electron chi connectivity index (χ2n) is 5.08. The number of nitriles is 1. The van der Waals surface area contributed by atoms with Crippen LogP contribution in [0.1, 0.15) is 15.4 Å². The third-order valence-electron chi connectivity index (χ3n) is 3.42. The van der Waals surface area contributed by atoms with Crippen molar-refractivity contribution >= 4 is 22.4 Å². The van der Waals surface area contributed by atoms with E-state index < -0.39 is 5.91 Å². The highest BCUT2D eigenvalue weighted by molar-refractivity contribution is 7.16. The molecule has 10 nitrogen and oxygen atoms in total. The summed E-state index contributed by atoms with van der Waals surface area (Å²) in [6.45, 7) is 0. The summed E-state index contributed by atoms with van der Waals surface area (Å²) in [7, 11) is 0. The number of carbonyl (C=O) groups excluding carboxylic acids is 1. The minimum atomic E-state index is -0.482. The van der Waals surface area contributed by atoms with Crippen LogP contribution in [0, 0.1) is 11.3 Å². The van der Waals surface area contributed by atoms with Crippen LogP contribution in [-0.2, 0) is 0 Å². The minimum Gasteiger partial charge on any atom is -0.296 e. The number of aromatic nitrogens is 7. The number of nitrogens with zero attached hydrogens (tertiary/aromatic N) is 8. The maximum absolute atomic E-state index is 12.6.